The van der Waals surface area contributed by atoms with Crippen molar-refractivity contribution in [3.63, 3.8) is 0 Å². The van der Waals surface area contributed by atoms with Crippen LogP contribution in [-0.2, 0) is 0 Å². The summed E-state index contributed by atoms with van der Waals surface area (Å²) in [6.07, 6.45) is 0.645. The number of nitrogens with zero attached hydrogens (tertiary/aromatic N) is 1. The van der Waals surface area contributed by atoms with E-state index < -0.39 is 0 Å². The predicted octanol–water partition coefficient (Wildman–Crippen LogP) is -0.0915. The maximum absolute atomic E-state index is 9.15. The molecular weight excluding hydrogens is 140 g/mol. The second-order valence-electron chi connectivity index (χ2n) is 3.07. The summed E-state index contributed by atoms with van der Waals surface area (Å²) >= 11 is 0. The summed E-state index contributed by atoms with van der Waals surface area (Å²) in [7, 11) is 4.08. The van der Waals surface area contributed by atoms with Crippen LogP contribution in [0.5, 0.6) is 0 Å². The molecule has 0 aliphatic rings. The Bertz CT molecular complexity index is 86.2. The lowest BCUT2D eigenvalue weighted by Gasteiger charge is -2.12. The molecule has 0 spiro atoms. The molecule has 0 heterocycles. The van der Waals surface area contributed by atoms with Crippen molar-refractivity contribution in [1.29, 1.82) is 0 Å². The topological polar surface area (TPSA) is 35.5 Å². The monoisotopic (exact) mass is 160 g/mol. The van der Waals surface area contributed by atoms with E-state index in [2.05, 4.69) is 10.2 Å². The zero-order valence-corrected chi connectivity index (χ0v) is 7.80. The normalized spacial score (nSPS) is 13.9. The van der Waals surface area contributed by atoms with Gasteiger partial charge in [-0.3, -0.25) is 0 Å². The van der Waals surface area contributed by atoms with E-state index in [0.717, 1.165) is 19.5 Å². The summed E-state index contributed by atoms with van der Waals surface area (Å²) in [5.41, 5.74) is 0. The van der Waals surface area contributed by atoms with Crippen LogP contribution in [0.25, 0.3) is 0 Å². The highest BCUT2D eigenvalue weighted by Crippen LogP contribution is 1.85. The molecule has 0 aliphatic carbocycles. The molecule has 2 N–H and O–H groups in total. The second-order valence-corrected chi connectivity index (χ2v) is 3.07. The third-order valence-electron chi connectivity index (χ3n) is 1.59. The number of aliphatic hydroxyl groups excluding tert-OH is 1. The van der Waals surface area contributed by atoms with E-state index in [0.29, 0.717) is 6.54 Å². The van der Waals surface area contributed by atoms with Crippen molar-refractivity contribution in [2.45, 2.75) is 19.4 Å². The summed E-state index contributed by atoms with van der Waals surface area (Å²) < 4.78 is 0. The Kier molecular flexibility index (Phi) is 6.51. The average Bonchev–Trinajstić information content (AvgIpc) is 1.97. The van der Waals surface area contributed by atoms with Crippen molar-refractivity contribution in [1.82, 2.24) is 10.2 Å². The minimum Gasteiger partial charge on any atom is -0.392 e. The SMILES string of the molecule is CC[C@H](O)CNCCN(C)C. The Labute approximate surface area is 69.4 Å². The highest BCUT2D eigenvalue weighted by atomic mass is 16.3. The van der Waals surface area contributed by atoms with Crippen LogP contribution in [0.3, 0.4) is 0 Å². The molecule has 1 atom stereocenters. The van der Waals surface area contributed by atoms with E-state index in [9.17, 15) is 0 Å². The quantitative estimate of drug-likeness (QED) is 0.533. The minimum atomic E-state index is -0.183. The number of likely N-dealkylation sites (N-methyl/N-ethyl adjacent to an activating group) is 1. The average molecular weight is 160 g/mol. The lowest BCUT2D eigenvalue weighted by Crippen LogP contribution is -2.32. The molecule has 0 aliphatic heterocycles. The van der Waals surface area contributed by atoms with Gasteiger partial charge in [-0.2, -0.15) is 0 Å². The number of hydrogen-bond donors (Lipinski definition) is 2. The van der Waals surface area contributed by atoms with Crippen molar-refractivity contribution < 1.29 is 5.11 Å². The van der Waals surface area contributed by atoms with Crippen molar-refractivity contribution in [3.8, 4) is 0 Å². The summed E-state index contributed by atoms with van der Waals surface area (Å²) in [4.78, 5) is 2.12. The standard InChI is InChI=1S/C8H20N2O/c1-4-8(11)7-9-5-6-10(2)3/h8-9,11H,4-7H2,1-3H3/t8-/m0/s1. The molecule has 0 rings (SSSR count). The van der Waals surface area contributed by atoms with Crippen molar-refractivity contribution >= 4 is 0 Å². The number of hydrogen-bond acceptors (Lipinski definition) is 3. The lowest BCUT2D eigenvalue weighted by atomic mass is 10.3. The summed E-state index contributed by atoms with van der Waals surface area (Å²) in [6.45, 7) is 4.67. The predicted molar refractivity (Wildman–Crippen MR) is 47.7 cm³/mol. The highest BCUT2D eigenvalue weighted by Gasteiger charge is 1.98. The largest absolute Gasteiger partial charge is 0.392 e. The van der Waals surface area contributed by atoms with Gasteiger partial charge >= 0.3 is 0 Å². The van der Waals surface area contributed by atoms with Crippen LogP contribution in [0.1, 0.15) is 13.3 Å². The van der Waals surface area contributed by atoms with Gasteiger partial charge in [-0.15, -0.1) is 0 Å². The second kappa shape index (κ2) is 6.58. The van der Waals surface area contributed by atoms with Crippen molar-refractivity contribution in [3.05, 3.63) is 0 Å². The molecule has 0 saturated carbocycles. The Morgan fingerprint density at radius 1 is 1.45 bits per heavy atom. The van der Waals surface area contributed by atoms with Gasteiger partial charge < -0.3 is 15.3 Å². The molecule has 68 valence electrons. The fourth-order valence-electron chi connectivity index (χ4n) is 0.716. The first-order valence-electron chi connectivity index (χ1n) is 4.20. The molecule has 0 aromatic heterocycles. The van der Waals surface area contributed by atoms with Gasteiger partial charge in [-0.05, 0) is 20.5 Å². The molecule has 0 fully saturated rings. The molecule has 0 aromatic carbocycles. The van der Waals surface area contributed by atoms with Crippen LogP contribution in [0.2, 0.25) is 0 Å². The maximum atomic E-state index is 9.15. The molecule has 0 bridgehead atoms. The Hall–Kier alpha value is -0.120. The van der Waals surface area contributed by atoms with Crippen LogP contribution in [0, 0.1) is 0 Å². The Balaban J connectivity index is 3.01. The Morgan fingerprint density at radius 2 is 2.09 bits per heavy atom. The zero-order chi connectivity index (χ0) is 8.69. The molecule has 0 radical (unpaired) electrons. The summed E-state index contributed by atoms with van der Waals surface area (Å²) in [6, 6.07) is 0. The van der Waals surface area contributed by atoms with Gasteiger partial charge in [0.2, 0.25) is 0 Å². The molecule has 0 saturated heterocycles. The summed E-state index contributed by atoms with van der Waals surface area (Å²) in [5.74, 6) is 0. The van der Waals surface area contributed by atoms with Crippen LogP contribution < -0.4 is 5.32 Å². The fourth-order valence-corrected chi connectivity index (χ4v) is 0.716. The van der Waals surface area contributed by atoms with Crippen molar-refractivity contribution in [2.24, 2.45) is 0 Å². The van der Waals surface area contributed by atoms with Gasteiger partial charge in [0.1, 0.15) is 0 Å². The van der Waals surface area contributed by atoms with Gasteiger partial charge in [-0.25, -0.2) is 0 Å². The van der Waals surface area contributed by atoms with Gasteiger partial charge in [-0.1, -0.05) is 6.92 Å². The maximum Gasteiger partial charge on any atom is 0.0662 e. The van der Waals surface area contributed by atoms with E-state index >= 15 is 0 Å². The van der Waals surface area contributed by atoms with Crippen LogP contribution >= 0.6 is 0 Å². The van der Waals surface area contributed by atoms with E-state index in [1.54, 1.807) is 0 Å². The molecule has 3 heteroatoms. The van der Waals surface area contributed by atoms with E-state index in [-0.39, 0.29) is 6.10 Å². The van der Waals surface area contributed by atoms with Gasteiger partial charge in [0.05, 0.1) is 6.10 Å². The summed E-state index contributed by atoms with van der Waals surface area (Å²) in [5, 5.41) is 12.3. The van der Waals surface area contributed by atoms with Crippen molar-refractivity contribution in [2.75, 3.05) is 33.7 Å². The fraction of sp³-hybridized carbons (Fsp3) is 1.00. The van der Waals surface area contributed by atoms with E-state index in [1.165, 1.54) is 0 Å². The van der Waals surface area contributed by atoms with Gasteiger partial charge in [0, 0.05) is 19.6 Å². The minimum absolute atomic E-state index is 0.183. The van der Waals surface area contributed by atoms with Crippen LogP contribution in [0.4, 0.5) is 0 Å². The third kappa shape index (κ3) is 7.78. The lowest BCUT2D eigenvalue weighted by molar-refractivity contribution is 0.166. The first kappa shape index (κ1) is 10.9. The van der Waals surface area contributed by atoms with E-state index in [1.807, 2.05) is 21.0 Å². The molecule has 0 unspecified atom stereocenters. The van der Waals surface area contributed by atoms with E-state index in [4.69, 9.17) is 5.11 Å². The smallest absolute Gasteiger partial charge is 0.0662 e. The first-order valence-corrected chi connectivity index (χ1v) is 4.20. The third-order valence-corrected chi connectivity index (χ3v) is 1.59. The molecule has 3 nitrogen and oxygen atoms in total. The Morgan fingerprint density at radius 3 is 2.55 bits per heavy atom. The van der Waals surface area contributed by atoms with Gasteiger partial charge in [0.25, 0.3) is 0 Å². The molecule has 0 amide bonds. The number of nitrogens with one attached hydrogen (secondary N) is 1. The molecule has 0 aromatic rings. The van der Waals surface area contributed by atoms with Crippen LogP contribution in [-0.4, -0.2) is 49.8 Å². The first-order chi connectivity index (χ1) is 5.16. The molecular formula is C8H20N2O. The molecule has 11 heavy (non-hydrogen) atoms. The van der Waals surface area contributed by atoms with Crippen LogP contribution in [0.15, 0.2) is 0 Å². The zero-order valence-electron chi connectivity index (χ0n) is 7.80. The highest BCUT2D eigenvalue weighted by molar-refractivity contribution is 4.57. The van der Waals surface area contributed by atoms with Gasteiger partial charge in [0.15, 0.2) is 0 Å². The number of rotatable bonds is 6. The number of aliphatic hydroxyl groups is 1.